The Bertz CT molecular complexity index is 508. The minimum Gasteiger partial charge on any atom is -0.381 e. The van der Waals surface area contributed by atoms with Crippen molar-refractivity contribution >= 4 is 11.5 Å². The van der Waals surface area contributed by atoms with Crippen LogP contribution in [0, 0.1) is 5.92 Å². The Hall–Kier alpha value is -1.55. The molecule has 90 valence electrons. The van der Waals surface area contributed by atoms with Gasteiger partial charge < -0.3 is 10.1 Å². The molecule has 2 aromatic rings. The fraction of sp³-hybridized carbons (Fsp3) is 0.462. The van der Waals surface area contributed by atoms with Gasteiger partial charge in [0.25, 0.3) is 0 Å². The minimum absolute atomic E-state index is 0.483. The van der Waals surface area contributed by atoms with Crippen LogP contribution in [0.5, 0.6) is 0 Å². The van der Waals surface area contributed by atoms with Gasteiger partial charge in [0.2, 0.25) is 0 Å². The van der Waals surface area contributed by atoms with Gasteiger partial charge in [0.1, 0.15) is 11.5 Å². The monoisotopic (exact) mass is 231 g/mol. The summed E-state index contributed by atoms with van der Waals surface area (Å²) in [5, 5.41) is 3.60. The van der Waals surface area contributed by atoms with E-state index in [-0.39, 0.29) is 0 Å². The lowest BCUT2D eigenvalue weighted by Crippen LogP contribution is -2.36. The lowest BCUT2D eigenvalue weighted by molar-refractivity contribution is 0.0536. The van der Waals surface area contributed by atoms with Crippen LogP contribution in [0.4, 0.5) is 5.82 Å². The third kappa shape index (κ3) is 2.00. The second-order valence-electron chi connectivity index (χ2n) is 4.66. The van der Waals surface area contributed by atoms with E-state index in [1.54, 1.807) is 0 Å². The maximum Gasteiger partial charge on any atom is 0.138 e. The number of fused-ring (bicyclic) bond motifs is 1. The third-order valence-electron chi connectivity index (χ3n) is 3.40. The van der Waals surface area contributed by atoms with Gasteiger partial charge in [0, 0.05) is 25.0 Å². The summed E-state index contributed by atoms with van der Waals surface area (Å²) in [5.74, 6) is 1.65. The molecule has 0 bridgehead atoms. The van der Waals surface area contributed by atoms with Crippen LogP contribution in [0.15, 0.2) is 30.6 Å². The molecule has 0 saturated carbocycles. The average Bonchev–Trinajstić information content (AvgIpc) is 2.81. The van der Waals surface area contributed by atoms with Crippen molar-refractivity contribution in [3.8, 4) is 0 Å². The number of hydrogen-bond acceptors (Lipinski definition) is 3. The summed E-state index contributed by atoms with van der Waals surface area (Å²) in [6, 6.07) is 6.63. The molecule has 1 aliphatic rings. The highest BCUT2D eigenvalue weighted by Gasteiger charge is 2.22. The largest absolute Gasteiger partial charge is 0.381 e. The summed E-state index contributed by atoms with van der Waals surface area (Å²) in [7, 11) is 0. The molecule has 1 saturated heterocycles. The van der Waals surface area contributed by atoms with Gasteiger partial charge >= 0.3 is 0 Å². The number of nitrogens with zero attached hydrogens (tertiary/aromatic N) is 2. The second kappa shape index (κ2) is 4.37. The van der Waals surface area contributed by atoms with Crippen LogP contribution in [-0.4, -0.2) is 28.6 Å². The van der Waals surface area contributed by atoms with Crippen LogP contribution in [0.3, 0.4) is 0 Å². The molecule has 0 spiro atoms. The van der Waals surface area contributed by atoms with Crippen molar-refractivity contribution < 1.29 is 4.74 Å². The number of nitrogens with one attached hydrogen (secondary N) is 1. The summed E-state index contributed by atoms with van der Waals surface area (Å²) in [5.41, 5.74) is 0.981. The first-order chi connectivity index (χ1) is 8.34. The number of rotatable bonds is 2. The Morgan fingerprint density at radius 1 is 1.47 bits per heavy atom. The Kier molecular flexibility index (Phi) is 2.73. The second-order valence-corrected chi connectivity index (χ2v) is 4.66. The average molecular weight is 231 g/mol. The van der Waals surface area contributed by atoms with Crippen LogP contribution in [-0.2, 0) is 4.74 Å². The molecule has 0 aromatic carbocycles. The Balaban J connectivity index is 1.86. The molecule has 1 N–H and O–H groups in total. The molecule has 2 atom stereocenters. The van der Waals surface area contributed by atoms with Crippen molar-refractivity contribution in [2.45, 2.75) is 19.4 Å². The van der Waals surface area contributed by atoms with E-state index in [9.17, 15) is 0 Å². The van der Waals surface area contributed by atoms with Crippen LogP contribution >= 0.6 is 0 Å². The van der Waals surface area contributed by atoms with Gasteiger partial charge in [-0.15, -0.1) is 0 Å². The van der Waals surface area contributed by atoms with Crippen molar-refractivity contribution in [2.24, 2.45) is 5.92 Å². The fourth-order valence-electron chi connectivity index (χ4n) is 2.35. The third-order valence-corrected chi connectivity index (χ3v) is 3.40. The molecular formula is C13H17N3O. The van der Waals surface area contributed by atoms with Crippen LogP contribution in [0.1, 0.15) is 13.3 Å². The van der Waals surface area contributed by atoms with Crippen LogP contribution in [0.25, 0.3) is 5.65 Å². The molecule has 2 unspecified atom stereocenters. The van der Waals surface area contributed by atoms with E-state index in [1.807, 2.05) is 24.5 Å². The van der Waals surface area contributed by atoms with Gasteiger partial charge in [-0.25, -0.2) is 4.98 Å². The Morgan fingerprint density at radius 3 is 3.29 bits per heavy atom. The van der Waals surface area contributed by atoms with Crippen molar-refractivity contribution in [3.63, 3.8) is 0 Å². The number of hydrogen-bond donors (Lipinski definition) is 1. The van der Waals surface area contributed by atoms with Crippen molar-refractivity contribution in [2.75, 3.05) is 18.5 Å². The predicted octanol–water partition coefficient (Wildman–Crippen LogP) is 2.17. The quantitative estimate of drug-likeness (QED) is 0.861. The molecule has 4 nitrogen and oxygen atoms in total. The topological polar surface area (TPSA) is 38.6 Å². The maximum atomic E-state index is 5.46. The summed E-state index contributed by atoms with van der Waals surface area (Å²) in [6.45, 7) is 3.92. The van der Waals surface area contributed by atoms with E-state index < -0.39 is 0 Å². The Labute approximate surface area is 101 Å². The van der Waals surface area contributed by atoms with Crippen molar-refractivity contribution in [1.82, 2.24) is 9.38 Å². The smallest absolute Gasteiger partial charge is 0.138 e. The van der Waals surface area contributed by atoms with Crippen LogP contribution in [0.2, 0.25) is 0 Å². The maximum absolute atomic E-state index is 5.46. The van der Waals surface area contributed by atoms with Gasteiger partial charge in [0.15, 0.2) is 0 Å². The van der Waals surface area contributed by atoms with E-state index >= 15 is 0 Å². The summed E-state index contributed by atoms with van der Waals surface area (Å²) < 4.78 is 7.55. The first-order valence-electron chi connectivity index (χ1n) is 6.11. The molecule has 3 heterocycles. The van der Waals surface area contributed by atoms with E-state index in [0.29, 0.717) is 12.0 Å². The molecule has 0 radical (unpaired) electrons. The van der Waals surface area contributed by atoms with E-state index in [0.717, 1.165) is 31.1 Å². The molecule has 1 aliphatic heterocycles. The van der Waals surface area contributed by atoms with Gasteiger partial charge in [-0.2, -0.15) is 0 Å². The van der Waals surface area contributed by atoms with Gasteiger partial charge in [0.05, 0.1) is 6.61 Å². The zero-order chi connectivity index (χ0) is 11.7. The Morgan fingerprint density at radius 2 is 2.41 bits per heavy atom. The zero-order valence-corrected chi connectivity index (χ0v) is 9.97. The molecule has 1 fully saturated rings. The zero-order valence-electron chi connectivity index (χ0n) is 9.97. The van der Waals surface area contributed by atoms with E-state index in [4.69, 9.17) is 4.74 Å². The lowest BCUT2D eigenvalue weighted by Gasteiger charge is -2.30. The molecule has 0 aliphatic carbocycles. The first kappa shape index (κ1) is 10.6. The molecule has 4 heteroatoms. The van der Waals surface area contributed by atoms with Gasteiger partial charge in [-0.3, -0.25) is 4.40 Å². The summed E-state index contributed by atoms with van der Waals surface area (Å²) >= 11 is 0. The van der Waals surface area contributed by atoms with E-state index in [2.05, 4.69) is 27.7 Å². The van der Waals surface area contributed by atoms with Crippen LogP contribution < -0.4 is 5.32 Å². The molecular weight excluding hydrogens is 214 g/mol. The number of aromatic nitrogens is 2. The van der Waals surface area contributed by atoms with Crippen molar-refractivity contribution in [1.29, 1.82) is 0 Å². The van der Waals surface area contributed by atoms with Gasteiger partial charge in [-0.05, 0) is 24.5 Å². The number of anilines is 1. The highest BCUT2D eigenvalue weighted by molar-refractivity contribution is 5.50. The highest BCUT2D eigenvalue weighted by Crippen LogP contribution is 2.20. The summed E-state index contributed by atoms with van der Waals surface area (Å²) in [4.78, 5) is 4.29. The van der Waals surface area contributed by atoms with Gasteiger partial charge in [-0.1, -0.05) is 13.0 Å². The normalized spacial score (nSPS) is 25.0. The van der Waals surface area contributed by atoms with Crippen molar-refractivity contribution in [3.05, 3.63) is 30.6 Å². The minimum atomic E-state index is 0.483. The molecule has 2 aromatic heterocycles. The summed E-state index contributed by atoms with van der Waals surface area (Å²) in [6.07, 6.45) is 4.88. The SMILES string of the molecule is CC1COCCC1Nc1cccc2nccn12. The predicted molar refractivity (Wildman–Crippen MR) is 67.2 cm³/mol. The number of pyridine rings is 1. The highest BCUT2D eigenvalue weighted by atomic mass is 16.5. The standard InChI is InChI=1S/C13H17N3O/c1-10-9-17-8-5-11(10)15-13-4-2-3-12-14-6-7-16(12)13/h2-4,6-7,10-11,15H,5,8-9H2,1H3. The lowest BCUT2D eigenvalue weighted by atomic mass is 9.98. The fourth-order valence-corrected chi connectivity index (χ4v) is 2.35. The first-order valence-corrected chi connectivity index (χ1v) is 6.11. The molecule has 3 rings (SSSR count). The number of imidazole rings is 1. The van der Waals surface area contributed by atoms with E-state index in [1.165, 1.54) is 0 Å². The molecule has 0 amide bonds. The number of ether oxygens (including phenoxy) is 1. The molecule has 17 heavy (non-hydrogen) atoms.